The molecule has 0 aromatic heterocycles. The van der Waals surface area contributed by atoms with Gasteiger partial charge in [0, 0.05) is 11.8 Å². The summed E-state index contributed by atoms with van der Waals surface area (Å²) in [5, 5.41) is 12.0. The summed E-state index contributed by atoms with van der Waals surface area (Å²) in [5.74, 6) is 1.70. The number of benzene rings is 2. The van der Waals surface area contributed by atoms with Gasteiger partial charge in [-0.15, -0.1) is 0 Å². The molecular formula is C19H16N2O5. The number of hydrogen-bond acceptors (Lipinski definition) is 6. The number of carbonyl (C=O) groups excluding carboxylic acids is 1. The van der Waals surface area contributed by atoms with Crippen molar-refractivity contribution in [3.63, 3.8) is 0 Å². The second kappa shape index (κ2) is 7.49. The van der Waals surface area contributed by atoms with E-state index in [1.807, 2.05) is 6.07 Å². The summed E-state index contributed by atoms with van der Waals surface area (Å²) in [7, 11) is 3.03. The van der Waals surface area contributed by atoms with E-state index in [-0.39, 0.29) is 12.4 Å². The van der Waals surface area contributed by atoms with Crippen LogP contribution in [0.1, 0.15) is 5.56 Å². The minimum Gasteiger partial charge on any atom is -0.493 e. The van der Waals surface area contributed by atoms with Gasteiger partial charge in [-0.2, -0.15) is 5.26 Å². The Morgan fingerprint density at radius 3 is 2.62 bits per heavy atom. The van der Waals surface area contributed by atoms with Crippen LogP contribution in [0.3, 0.4) is 0 Å². The molecule has 0 radical (unpaired) electrons. The van der Waals surface area contributed by atoms with Gasteiger partial charge in [0.2, 0.25) is 6.79 Å². The highest BCUT2D eigenvalue weighted by atomic mass is 16.7. The van der Waals surface area contributed by atoms with E-state index in [0.717, 1.165) is 0 Å². The van der Waals surface area contributed by atoms with Gasteiger partial charge in [-0.25, -0.2) is 0 Å². The van der Waals surface area contributed by atoms with Crippen LogP contribution in [0.5, 0.6) is 23.0 Å². The first kappa shape index (κ1) is 17.2. The molecule has 7 heteroatoms. The van der Waals surface area contributed by atoms with E-state index < -0.39 is 5.91 Å². The van der Waals surface area contributed by atoms with E-state index >= 15 is 0 Å². The Labute approximate surface area is 150 Å². The monoisotopic (exact) mass is 352 g/mol. The SMILES string of the molecule is COc1ccc(NC(=O)/C(C#N)=C/c2ccc3c(c2)OCO3)cc1OC. The molecule has 2 aromatic rings. The first-order valence-corrected chi connectivity index (χ1v) is 7.69. The van der Waals surface area contributed by atoms with Crippen molar-refractivity contribution in [3.8, 4) is 29.1 Å². The number of nitriles is 1. The van der Waals surface area contributed by atoms with Crippen molar-refractivity contribution in [1.82, 2.24) is 0 Å². The number of nitrogens with zero attached hydrogens (tertiary/aromatic N) is 1. The molecule has 1 aliphatic rings. The Bertz CT molecular complexity index is 915. The summed E-state index contributed by atoms with van der Waals surface area (Å²) in [4.78, 5) is 12.4. The van der Waals surface area contributed by atoms with Crippen LogP contribution in [0.2, 0.25) is 0 Å². The summed E-state index contributed by atoms with van der Waals surface area (Å²) in [6, 6.07) is 12.0. The van der Waals surface area contributed by atoms with E-state index in [9.17, 15) is 10.1 Å². The van der Waals surface area contributed by atoms with Crippen molar-refractivity contribution < 1.29 is 23.7 Å². The number of ether oxygens (including phenoxy) is 4. The standard InChI is InChI=1S/C19H16N2O5/c1-23-15-6-4-14(9-17(15)24-2)21-19(22)13(10-20)7-12-3-5-16-18(8-12)26-11-25-16/h3-9H,11H2,1-2H3,(H,21,22)/b13-7+. The van der Waals surface area contributed by atoms with Crippen molar-refractivity contribution >= 4 is 17.7 Å². The van der Waals surface area contributed by atoms with Crippen molar-refractivity contribution in [1.29, 1.82) is 5.26 Å². The van der Waals surface area contributed by atoms with Gasteiger partial charge in [0.15, 0.2) is 23.0 Å². The molecule has 0 saturated heterocycles. The van der Waals surface area contributed by atoms with Crippen LogP contribution < -0.4 is 24.3 Å². The highest BCUT2D eigenvalue weighted by Crippen LogP contribution is 2.33. The van der Waals surface area contributed by atoms with Gasteiger partial charge >= 0.3 is 0 Å². The second-order valence-electron chi connectivity index (χ2n) is 5.31. The molecular weight excluding hydrogens is 336 g/mol. The Morgan fingerprint density at radius 1 is 1.12 bits per heavy atom. The molecule has 132 valence electrons. The molecule has 26 heavy (non-hydrogen) atoms. The largest absolute Gasteiger partial charge is 0.493 e. The number of anilines is 1. The topological polar surface area (TPSA) is 89.8 Å². The third-order valence-corrected chi connectivity index (χ3v) is 3.71. The molecule has 1 heterocycles. The Morgan fingerprint density at radius 2 is 1.88 bits per heavy atom. The van der Waals surface area contributed by atoms with Crippen LogP contribution in [0, 0.1) is 11.3 Å². The van der Waals surface area contributed by atoms with Crippen LogP contribution in [0.25, 0.3) is 6.08 Å². The smallest absolute Gasteiger partial charge is 0.266 e. The lowest BCUT2D eigenvalue weighted by Gasteiger charge is -2.10. The summed E-state index contributed by atoms with van der Waals surface area (Å²) in [6.45, 7) is 0.160. The zero-order valence-electron chi connectivity index (χ0n) is 14.2. The zero-order chi connectivity index (χ0) is 18.5. The van der Waals surface area contributed by atoms with Crippen LogP contribution in [0.4, 0.5) is 5.69 Å². The van der Waals surface area contributed by atoms with E-state index in [4.69, 9.17) is 18.9 Å². The lowest BCUT2D eigenvalue weighted by atomic mass is 10.1. The average molecular weight is 352 g/mol. The zero-order valence-corrected chi connectivity index (χ0v) is 14.2. The highest BCUT2D eigenvalue weighted by Gasteiger charge is 2.15. The normalized spacial score (nSPS) is 12.3. The molecule has 7 nitrogen and oxygen atoms in total. The van der Waals surface area contributed by atoms with Crippen molar-refractivity contribution in [2.75, 3.05) is 26.3 Å². The Hall–Kier alpha value is -3.66. The molecule has 0 spiro atoms. The maximum Gasteiger partial charge on any atom is 0.266 e. The van der Waals surface area contributed by atoms with Gasteiger partial charge in [-0.05, 0) is 35.9 Å². The van der Waals surface area contributed by atoms with Crippen molar-refractivity contribution in [3.05, 3.63) is 47.5 Å². The van der Waals surface area contributed by atoms with Gasteiger partial charge in [0.25, 0.3) is 5.91 Å². The average Bonchev–Trinajstić information content (AvgIpc) is 3.13. The van der Waals surface area contributed by atoms with Gasteiger partial charge < -0.3 is 24.3 Å². The first-order chi connectivity index (χ1) is 12.6. The molecule has 2 aromatic carbocycles. The van der Waals surface area contributed by atoms with Crippen LogP contribution in [0.15, 0.2) is 42.0 Å². The fourth-order valence-electron chi connectivity index (χ4n) is 2.43. The van der Waals surface area contributed by atoms with E-state index in [2.05, 4.69) is 5.32 Å². The van der Waals surface area contributed by atoms with Crippen molar-refractivity contribution in [2.45, 2.75) is 0 Å². The van der Waals surface area contributed by atoms with Gasteiger partial charge in [-0.1, -0.05) is 6.07 Å². The summed E-state index contributed by atoms with van der Waals surface area (Å²) in [5.41, 5.74) is 1.10. The molecule has 0 atom stereocenters. The second-order valence-corrected chi connectivity index (χ2v) is 5.31. The summed E-state index contributed by atoms with van der Waals surface area (Å²) >= 11 is 0. The number of fused-ring (bicyclic) bond motifs is 1. The molecule has 0 aliphatic carbocycles. The molecule has 0 saturated carbocycles. The van der Waals surface area contributed by atoms with Crippen LogP contribution in [-0.2, 0) is 4.79 Å². The number of methoxy groups -OCH3 is 2. The number of amides is 1. The quantitative estimate of drug-likeness (QED) is 0.657. The molecule has 0 fully saturated rings. The van der Waals surface area contributed by atoms with Crippen LogP contribution in [-0.4, -0.2) is 26.9 Å². The predicted molar refractivity (Wildman–Crippen MR) is 94.3 cm³/mol. The number of carbonyl (C=O) groups is 1. The molecule has 3 rings (SSSR count). The third-order valence-electron chi connectivity index (χ3n) is 3.71. The fourth-order valence-corrected chi connectivity index (χ4v) is 2.43. The molecule has 0 bridgehead atoms. The van der Waals surface area contributed by atoms with Gasteiger partial charge in [-0.3, -0.25) is 4.79 Å². The minimum absolute atomic E-state index is 0.0429. The Balaban J connectivity index is 1.80. The van der Waals surface area contributed by atoms with E-state index in [1.54, 1.807) is 36.4 Å². The number of hydrogen-bond donors (Lipinski definition) is 1. The van der Waals surface area contributed by atoms with E-state index in [1.165, 1.54) is 20.3 Å². The van der Waals surface area contributed by atoms with Crippen molar-refractivity contribution in [2.24, 2.45) is 0 Å². The molecule has 1 amide bonds. The van der Waals surface area contributed by atoms with Gasteiger partial charge in [0.1, 0.15) is 11.6 Å². The van der Waals surface area contributed by atoms with E-state index in [0.29, 0.717) is 34.2 Å². The highest BCUT2D eigenvalue weighted by molar-refractivity contribution is 6.09. The molecule has 1 aliphatic heterocycles. The minimum atomic E-state index is -0.530. The summed E-state index contributed by atoms with van der Waals surface area (Å²) < 4.78 is 20.9. The predicted octanol–water partition coefficient (Wildman–Crippen LogP) is 2.98. The Kier molecular flexibility index (Phi) is 4.94. The number of rotatable bonds is 5. The lowest BCUT2D eigenvalue weighted by Crippen LogP contribution is -2.13. The maximum absolute atomic E-state index is 12.4. The maximum atomic E-state index is 12.4. The number of nitrogens with one attached hydrogen (secondary N) is 1. The van der Waals surface area contributed by atoms with Gasteiger partial charge in [0.05, 0.1) is 14.2 Å². The van der Waals surface area contributed by atoms with Crippen LogP contribution >= 0.6 is 0 Å². The molecule has 0 unspecified atom stereocenters. The summed E-state index contributed by atoms with van der Waals surface area (Å²) in [6.07, 6.45) is 1.48. The third kappa shape index (κ3) is 3.54. The fraction of sp³-hybridized carbons (Fsp3) is 0.158. The lowest BCUT2D eigenvalue weighted by molar-refractivity contribution is -0.112. The molecule has 1 N–H and O–H groups in total. The first-order valence-electron chi connectivity index (χ1n) is 7.69.